The lowest BCUT2D eigenvalue weighted by molar-refractivity contribution is 0.658. The Kier molecular flexibility index (Phi) is 2.99. The summed E-state index contributed by atoms with van der Waals surface area (Å²) in [6.07, 6.45) is 5.15. The summed E-state index contributed by atoms with van der Waals surface area (Å²) in [7, 11) is 0. The molecule has 0 atom stereocenters. The first-order chi connectivity index (χ1) is 8.72. The van der Waals surface area contributed by atoms with Crippen LogP contribution in [-0.2, 0) is 19.3 Å². The van der Waals surface area contributed by atoms with E-state index in [9.17, 15) is 0 Å². The van der Waals surface area contributed by atoms with Gasteiger partial charge in [-0.05, 0) is 32.6 Å². The highest BCUT2D eigenvalue weighted by Gasteiger charge is 2.16. The molecule has 0 spiro atoms. The smallest absolute Gasteiger partial charge is 0.136 e. The minimum Gasteiger partial charge on any atom is -0.383 e. The molecule has 18 heavy (non-hydrogen) atoms. The van der Waals surface area contributed by atoms with Crippen LogP contribution in [0.4, 0.5) is 5.82 Å². The van der Waals surface area contributed by atoms with Crippen LogP contribution < -0.4 is 5.73 Å². The predicted molar refractivity (Wildman–Crippen MR) is 72.7 cm³/mol. The van der Waals surface area contributed by atoms with Gasteiger partial charge in [0.05, 0.1) is 17.1 Å². The third kappa shape index (κ3) is 2.22. The Morgan fingerprint density at radius 3 is 2.83 bits per heavy atom. The molecule has 2 N–H and O–H groups in total. The van der Waals surface area contributed by atoms with Crippen molar-refractivity contribution in [3.63, 3.8) is 0 Å². The zero-order valence-electron chi connectivity index (χ0n) is 10.4. The van der Waals surface area contributed by atoms with E-state index in [-0.39, 0.29) is 0 Å². The number of anilines is 1. The van der Waals surface area contributed by atoms with E-state index in [0.717, 1.165) is 35.1 Å². The number of aryl methyl sites for hydroxylation is 2. The van der Waals surface area contributed by atoms with Crippen LogP contribution in [0.3, 0.4) is 0 Å². The zero-order chi connectivity index (χ0) is 12.5. The molecule has 0 amide bonds. The van der Waals surface area contributed by atoms with Crippen LogP contribution in [0.15, 0.2) is 5.38 Å². The fourth-order valence-electron chi connectivity index (χ4n) is 2.41. The van der Waals surface area contributed by atoms with Gasteiger partial charge < -0.3 is 5.73 Å². The van der Waals surface area contributed by atoms with Gasteiger partial charge in [-0.25, -0.2) is 15.0 Å². The molecule has 1 aliphatic rings. The topological polar surface area (TPSA) is 64.7 Å². The Bertz CT molecular complexity index is 576. The number of nitrogens with zero attached hydrogens (tertiary/aromatic N) is 3. The summed E-state index contributed by atoms with van der Waals surface area (Å²) in [5, 5.41) is 3.14. The molecule has 0 aliphatic heterocycles. The van der Waals surface area contributed by atoms with Crippen molar-refractivity contribution in [2.75, 3.05) is 5.73 Å². The van der Waals surface area contributed by atoms with Crippen LogP contribution >= 0.6 is 11.3 Å². The maximum absolute atomic E-state index is 6.03. The number of thiazole rings is 1. The molecule has 0 unspecified atom stereocenters. The monoisotopic (exact) mass is 260 g/mol. The van der Waals surface area contributed by atoms with Gasteiger partial charge in [0.1, 0.15) is 11.6 Å². The quantitative estimate of drug-likeness (QED) is 0.899. The van der Waals surface area contributed by atoms with Crippen molar-refractivity contribution in [3.05, 3.63) is 33.2 Å². The van der Waals surface area contributed by atoms with Gasteiger partial charge in [0.25, 0.3) is 0 Å². The maximum atomic E-state index is 6.03. The van der Waals surface area contributed by atoms with E-state index >= 15 is 0 Å². The molecule has 0 saturated carbocycles. The van der Waals surface area contributed by atoms with E-state index in [1.54, 1.807) is 11.3 Å². The molecule has 0 aromatic carbocycles. The fourth-order valence-corrected chi connectivity index (χ4v) is 3.02. The van der Waals surface area contributed by atoms with Crippen LogP contribution in [0, 0.1) is 6.92 Å². The fraction of sp³-hybridized carbons (Fsp3) is 0.462. The molecule has 0 bridgehead atoms. The number of nitrogens with two attached hydrogens (primary N) is 1. The summed E-state index contributed by atoms with van der Waals surface area (Å²) in [6.45, 7) is 2.01. The van der Waals surface area contributed by atoms with E-state index in [1.165, 1.54) is 18.4 Å². The molecule has 2 heterocycles. The summed E-state index contributed by atoms with van der Waals surface area (Å²) in [4.78, 5) is 13.5. The van der Waals surface area contributed by atoms with Gasteiger partial charge in [0, 0.05) is 16.6 Å². The number of nitrogen functional groups attached to an aromatic ring is 1. The van der Waals surface area contributed by atoms with E-state index in [0.29, 0.717) is 12.2 Å². The van der Waals surface area contributed by atoms with Crippen molar-refractivity contribution in [2.24, 2.45) is 0 Å². The molecule has 94 valence electrons. The summed E-state index contributed by atoms with van der Waals surface area (Å²) < 4.78 is 0. The van der Waals surface area contributed by atoms with Gasteiger partial charge in [-0.1, -0.05) is 0 Å². The number of fused-ring (bicyclic) bond motifs is 1. The average molecular weight is 260 g/mol. The highest BCUT2D eigenvalue weighted by atomic mass is 32.1. The molecule has 5 heteroatoms. The number of aromatic nitrogens is 3. The summed E-state index contributed by atoms with van der Waals surface area (Å²) in [5.41, 5.74) is 9.38. The number of hydrogen-bond acceptors (Lipinski definition) is 5. The van der Waals surface area contributed by atoms with Gasteiger partial charge in [0.15, 0.2) is 0 Å². The Labute approximate surface area is 110 Å². The summed E-state index contributed by atoms with van der Waals surface area (Å²) in [6, 6.07) is 0. The molecule has 2 aromatic heterocycles. The minimum absolute atomic E-state index is 0.668. The Morgan fingerprint density at radius 2 is 2.06 bits per heavy atom. The lowest BCUT2D eigenvalue weighted by Gasteiger charge is -2.16. The molecular formula is C13H16N4S. The van der Waals surface area contributed by atoms with Crippen LogP contribution in [0.25, 0.3) is 0 Å². The predicted octanol–water partition coefficient (Wildman–Crippen LogP) is 2.29. The van der Waals surface area contributed by atoms with E-state index in [2.05, 4.69) is 20.3 Å². The van der Waals surface area contributed by atoms with Gasteiger partial charge in [-0.2, -0.15) is 0 Å². The summed E-state index contributed by atoms with van der Waals surface area (Å²) in [5.74, 6) is 1.47. The zero-order valence-corrected chi connectivity index (χ0v) is 11.3. The van der Waals surface area contributed by atoms with Crippen LogP contribution in [0.2, 0.25) is 0 Å². The Balaban J connectivity index is 1.91. The first kappa shape index (κ1) is 11.6. The van der Waals surface area contributed by atoms with Crippen molar-refractivity contribution in [1.29, 1.82) is 0 Å². The van der Waals surface area contributed by atoms with Crippen molar-refractivity contribution in [2.45, 2.75) is 39.0 Å². The van der Waals surface area contributed by atoms with Crippen molar-refractivity contribution in [3.8, 4) is 0 Å². The van der Waals surface area contributed by atoms with Crippen LogP contribution in [0.5, 0.6) is 0 Å². The van der Waals surface area contributed by atoms with E-state index in [1.807, 2.05) is 6.92 Å². The minimum atomic E-state index is 0.668. The lowest BCUT2D eigenvalue weighted by Crippen LogP contribution is -2.13. The lowest BCUT2D eigenvalue weighted by atomic mass is 9.96. The third-order valence-electron chi connectivity index (χ3n) is 3.27. The van der Waals surface area contributed by atoms with Crippen molar-refractivity contribution < 1.29 is 0 Å². The average Bonchev–Trinajstić information content (AvgIpc) is 2.75. The molecule has 4 nitrogen and oxygen atoms in total. The second-order valence-electron chi connectivity index (χ2n) is 4.69. The molecule has 0 fully saturated rings. The number of hydrogen-bond donors (Lipinski definition) is 1. The van der Waals surface area contributed by atoms with Crippen LogP contribution in [-0.4, -0.2) is 15.0 Å². The molecular weight excluding hydrogens is 244 g/mol. The van der Waals surface area contributed by atoms with Crippen LogP contribution in [0.1, 0.15) is 40.6 Å². The first-order valence-electron chi connectivity index (χ1n) is 6.27. The highest BCUT2D eigenvalue weighted by molar-refractivity contribution is 7.09. The Morgan fingerprint density at radius 1 is 1.22 bits per heavy atom. The summed E-state index contributed by atoms with van der Waals surface area (Å²) >= 11 is 1.66. The second kappa shape index (κ2) is 4.65. The SMILES string of the molecule is Cc1nc(Cc2nc(N)c3c(n2)CCCC3)cs1. The molecule has 0 saturated heterocycles. The van der Waals surface area contributed by atoms with E-state index in [4.69, 9.17) is 5.73 Å². The Hall–Kier alpha value is -1.49. The standard InChI is InChI=1S/C13H16N4S/c1-8-15-9(7-18-8)6-12-16-11-5-3-2-4-10(11)13(14)17-12/h7H,2-6H2,1H3,(H2,14,16,17). The molecule has 0 radical (unpaired) electrons. The van der Waals surface area contributed by atoms with Gasteiger partial charge in [-0.15, -0.1) is 11.3 Å². The van der Waals surface area contributed by atoms with E-state index < -0.39 is 0 Å². The van der Waals surface area contributed by atoms with Gasteiger partial charge in [0.2, 0.25) is 0 Å². The maximum Gasteiger partial charge on any atom is 0.136 e. The molecule has 2 aromatic rings. The third-order valence-corrected chi connectivity index (χ3v) is 4.09. The first-order valence-corrected chi connectivity index (χ1v) is 7.15. The molecule has 1 aliphatic carbocycles. The second-order valence-corrected chi connectivity index (χ2v) is 5.75. The van der Waals surface area contributed by atoms with Crippen molar-refractivity contribution in [1.82, 2.24) is 15.0 Å². The highest BCUT2D eigenvalue weighted by Crippen LogP contribution is 2.24. The van der Waals surface area contributed by atoms with Crippen molar-refractivity contribution >= 4 is 17.2 Å². The van der Waals surface area contributed by atoms with Gasteiger partial charge >= 0.3 is 0 Å². The normalized spacial score (nSPS) is 14.5. The largest absolute Gasteiger partial charge is 0.383 e. The van der Waals surface area contributed by atoms with Gasteiger partial charge in [-0.3, -0.25) is 0 Å². The molecule has 3 rings (SSSR count). The number of rotatable bonds is 2.